The number of para-hydroxylation sites is 1. The first-order valence-electron chi connectivity index (χ1n) is 8.82. The third kappa shape index (κ3) is 5.87. The predicted molar refractivity (Wildman–Crippen MR) is 109 cm³/mol. The number of rotatable bonds is 6. The van der Waals surface area contributed by atoms with Crippen LogP contribution in [0.15, 0.2) is 59.8 Å². The van der Waals surface area contributed by atoms with E-state index in [-0.39, 0.29) is 5.92 Å². The molecule has 0 N–H and O–H groups in total. The summed E-state index contributed by atoms with van der Waals surface area (Å²) in [7, 11) is 0. The molecular formula is C21H18ClF3N2OS. The minimum atomic E-state index is -4.34. The van der Waals surface area contributed by atoms with Gasteiger partial charge in [0.25, 0.3) is 0 Å². The molecule has 0 saturated heterocycles. The molecule has 0 radical (unpaired) electrons. The van der Waals surface area contributed by atoms with Crippen molar-refractivity contribution in [2.45, 2.75) is 36.9 Å². The molecule has 29 heavy (non-hydrogen) atoms. The zero-order chi connectivity index (χ0) is 21.0. The second-order valence-electron chi connectivity index (χ2n) is 6.58. The molecule has 0 saturated carbocycles. The lowest BCUT2D eigenvalue weighted by Crippen LogP contribution is -2.04. The summed E-state index contributed by atoms with van der Waals surface area (Å²) < 4.78 is 43.9. The van der Waals surface area contributed by atoms with Crippen molar-refractivity contribution in [3.05, 3.63) is 76.4 Å². The Morgan fingerprint density at radius 1 is 1.03 bits per heavy atom. The zero-order valence-corrected chi connectivity index (χ0v) is 17.3. The number of aromatic nitrogens is 2. The van der Waals surface area contributed by atoms with E-state index in [9.17, 15) is 13.2 Å². The van der Waals surface area contributed by atoms with E-state index < -0.39 is 11.7 Å². The van der Waals surface area contributed by atoms with Crippen molar-refractivity contribution in [1.82, 2.24) is 9.97 Å². The molecule has 0 unspecified atom stereocenters. The number of halogens is 4. The molecule has 0 spiro atoms. The Bertz CT molecular complexity index is 978. The summed E-state index contributed by atoms with van der Waals surface area (Å²) in [5.41, 5.74) is 0.881. The van der Waals surface area contributed by atoms with Crippen LogP contribution in [0.3, 0.4) is 0 Å². The van der Waals surface area contributed by atoms with Gasteiger partial charge in [-0.1, -0.05) is 61.5 Å². The first kappa shape index (κ1) is 21.5. The van der Waals surface area contributed by atoms with Gasteiger partial charge in [0.1, 0.15) is 5.75 Å². The highest BCUT2D eigenvalue weighted by atomic mass is 35.5. The Morgan fingerprint density at radius 2 is 1.72 bits per heavy atom. The third-order valence-corrected chi connectivity index (χ3v) is 5.22. The highest BCUT2D eigenvalue weighted by Gasteiger charge is 2.29. The molecule has 0 aliphatic heterocycles. The van der Waals surface area contributed by atoms with Crippen molar-refractivity contribution in [3.8, 4) is 11.6 Å². The van der Waals surface area contributed by atoms with Crippen molar-refractivity contribution >= 4 is 23.4 Å². The van der Waals surface area contributed by atoms with Crippen LogP contribution in [0.25, 0.3) is 0 Å². The van der Waals surface area contributed by atoms with Crippen LogP contribution in [0.2, 0.25) is 5.02 Å². The van der Waals surface area contributed by atoms with Gasteiger partial charge < -0.3 is 4.74 Å². The third-order valence-electron chi connectivity index (χ3n) is 3.99. The van der Waals surface area contributed by atoms with Gasteiger partial charge in [-0.25, -0.2) is 4.98 Å². The van der Waals surface area contributed by atoms with E-state index in [4.69, 9.17) is 16.3 Å². The Kier molecular flexibility index (Phi) is 6.70. The van der Waals surface area contributed by atoms with Gasteiger partial charge in [0.15, 0.2) is 5.16 Å². The van der Waals surface area contributed by atoms with Crippen molar-refractivity contribution < 1.29 is 17.9 Å². The first-order valence-corrected chi connectivity index (χ1v) is 10.2. The normalized spacial score (nSPS) is 11.7. The van der Waals surface area contributed by atoms with Gasteiger partial charge in [-0.15, -0.1) is 0 Å². The number of ether oxygens (including phenoxy) is 1. The second-order valence-corrected chi connectivity index (χ2v) is 7.93. The molecule has 1 aromatic heterocycles. The topological polar surface area (TPSA) is 35.0 Å². The summed E-state index contributed by atoms with van der Waals surface area (Å²) in [6, 6.07) is 13.9. The maximum atomic E-state index is 12.7. The van der Waals surface area contributed by atoms with E-state index in [1.165, 1.54) is 23.9 Å². The van der Waals surface area contributed by atoms with E-state index in [1.54, 1.807) is 24.3 Å². The predicted octanol–water partition coefficient (Wildman–Crippen LogP) is 7.36. The van der Waals surface area contributed by atoms with Crippen LogP contribution in [0, 0.1) is 0 Å². The van der Waals surface area contributed by atoms with Gasteiger partial charge in [0.2, 0.25) is 5.88 Å². The van der Waals surface area contributed by atoms with Crippen LogP contribution in [-0.4, -0.2) is 9.97 Å². The summed E-state index contributed by atoms with van der Waals surface area (Å²) >= 11 is 7.48. The number of nitrogens with zero attached hydrogens (tertiary/aromatic N) is 2. The smallest absolute Gasteiger partial charge is 0.416 e. The van der Waals surface area contributed by atoms with E-state index in [0.717, 1.165) is 23.4 Å². The lowest BCUT2D eigenvalue weighted by molar-refractivity contribution is -0.137. The van der Waals surface area contributed by atoms with Crippen LogP contribution in [-0.2, 0) is 11.9 Å². The van der Waals surface area contributed by atoms with E-state index in [2.05, 4.69) is 9.97 Å². The molecule has 3 rings (SSSR count). The maximum absolute atomic E-state index is 12.7. The Labute approximate surface area is 176 Å². The summed E-state index contributed by atoms with van der Waals surface area (Å²) in [4.78, 5) is 8.94. The molecule has 3 aromatic rings. The standard InChI is InChI=1S/C21H18ClF3N2OS/c1-13(2)17-11-19(28-18-6-4-3-5-16(18)22)27-20(26-17)29-12-14-7-9-15(10-8-14)21(23,24)25/h3-11,13H,12H2,1-2H3. The van der Waals surface area contributed by atoms with E-state index in [1.807, 2.05) is 19.9 Å². The molecular weight excluding hydrogens is 421 g/mol. The number of hydrogen-bond donors (Lipinski definition) is 0. The first-order chi connectivity index (χ1) is 13.7. The van der Waals surface area contributed by atoms with Crippen LogP contribution in [0.5, 0.6) is 11.6 Å². The minimum Gasteiger partial charge on any atom is -0.437 e. The molecule has 0 atom stereocenters. The summed E-state index contributed by atoms with van der Waals surface area (Å²) in [5, 5.41) is 0.953. The van der Waals surface area contributed by atoms with Crippen molar-refractivity contribution in [2.75, 3.05) is 0 Å². The van der Waals surface area contributed by atoms with Crippen LogP contribution >= 0.6 is 23.4 Å². The fourth-order valence-corrected chi connectivity index (χ4v) is 3.40. The number of thioether (sulfide) groups is 1. The average molecular weight is 439 g/mol. The fourth-order valence-electron chi connectivity index (χ4n) is 2.41. The number of hydrogen-bond acceptors (Lipinski definition) is 4. The summed E-state index contributed by atoms with van der Waals surface area (Å²) in [6.07, 6.45) is -4.34. The number of alkyl halides is 3. The highest BCUT2D eigenvalue weighted by molar-refractivity contribution is 7.98. The Hall–Kier alpha value is -2.25. The molecule has 2 aromatic carbocycles. The molecule has 3 nitrogen and oxygen atoms in total. The quantitative estimate of drug-likeness (QED) is 0.297. The van der Waals surface area contributed by atoms with Crippen molar-refractivity contribution in [2.24, 2.45) is 0 Å². The molecule has 1 heterocycles. The van der Waals surface area contributed by atoms with Gasteiger partial charge in [-0.2, -0.15) is 18.2 Å². The average Bonchev–Trinajstić information content (AvgIpc) is 2.67. The molecule has 0 amide bonds. The largest absolute Gasteiger partial charge is 0.437 e. The molecule has 152 valence electrons. The lowest BCUT2D eigenvalue weighted by atomic mass is 10.1. The lowest BCUT2D eigenvalue weighted by Gasteiger charge is -2.12. The SMILES string of the molecule is CC(C)c1cc(Oc2ccccc2Cl)nc(SCc2ccc(C(F)(F)F)cc2)n1. The molecule has 0 aliphatic carbocycles. The maximum Gasteiger partial charge on any atom is 0.416 e. The van der Waals surface area contributed by atoms with E-state index >= 15 is 0 Å². The fraction of sp³-hybridized carbons (Fsp3) is 0.238. The summed E-state index contributed by atoms with van der Waals surface area (Å²) in [5.74, 6) is 1.44. The Balaban J connectivity index is 1.78. The molecule has 8 heteroatoms. The molecule has 0 aliphatic rings. The van der Waals surface area contributed by atoms with Crippen LogP contribution in [0.4, 0.5) is 13.2 Å². The highest BCUT2D eigenvalue weighted by Crippen LogP contribution is 2.32. The second kappa shape index (κ2) is 9.05. The Morgan fingerprint density at radius 3 is 2.34 bits per heavy atom. The molecule has 0 bridgehead atoms. The number of benzene rings is 2. The van der Waals surface area contributed by atoms with Crippen LogP contribution < -0.4 is 4.74 Å². The van der Waals surface area contributed by atoms with Crippen LogP contribution in [0.1, 0.15) is 36.6 Å². The summed E-state index contributed by atoms with van der Waals surface area (Å²) in [6.45, 7) is 4.01. The molecule has 0 fully saturated rings. The monoisotopic (exact) mass is 438 g/mol. The van der Waals surface area contributed by atoms with Gasteiger partial charge in [0.05, 0.1) is 16.3 Å². The minimum absolute atomic E-state index is 0.150. The van der Waals surface area contributed by atoms with E-state index in [0.29, 0.717) is 27.6 Å². The van der Waals surface area contributed by atoms with Crippen molar-refractivity contribution in [1.29, 1.82) is 0 Å². The van der Waals surface area contributed by atoms with Gasteiger partial charge in [0, 0.05) is 11.8 Å². The van der Waals surface area contributed by atoms with Gasteiger partial charge >= 0.3 is 6.18 Å². The zero-order valence-electron chi connectivity index (χ0n) is 15.7. The van der Waals surface area contributed by atoms with Gasteiger partial charge in [-0.05, 0) is 35.7 Å². The van der Waals surface area contributed by atoms with Crippen molar-refractivity contribution in [3.63, 3.8) is 0 Å². The van der Waals surface area contributed by atoms with Gasteiger partial charge in [-0.3, -0.25) is 0 Å².